The second kappa shape index (κ2) is 9.16. The highest BCUT2D eigenvalue weighted by Gasteiger charge is 2.33. The molecule has 0 saturated carbocycles. The Labute approximate surface area is 193 Å². The molecule has 11 heteroatoms. The molecule has 34 heavy (non-hydrogen) atoms. The number of alkyl halides is 3. The van der Waals surface area contributed by atoms with Gasteiger partial charge in [0.2, 0.25) is 5.91 Å². The van der Waals surface area contributed by atoms with Crippen LogP contribution in [0.2, 0.25) is 0 Å². The summed E-state index contributed by atoms with van der Waals surface area (Å²) >= 11 is 0. The van der Waals surface area contributed by atoms with Crippen molar-refractivity contribution in [1.82, 2.24) is 9.97 Å². The molecule has 2 amide bonds. The van der Waals surface area contributed by atoms with Gasteiger partial charge in [0.25, 0.3) is 5.91 Å². The fourth-order valence-corrected chi connectivity index (χ4v) is 3.93. The monoisotopic (exact) mass is 473 g/mol. The number of amides is 2. The Hall–Kier alpha value is -3.89. The lowest BCUT2D eigenvalue weighted by Crippen LogP contribution is -2.41. The largest absolute Gasteiger partial charge is 0.486 e. The molecular weight excluding hydrogens is 451 g/mol. The summed E-state index contributed by atoms with van der Waals surface area (Å²) in [6, 6.07) is 7.50. The lowest BCUT2D eigenvalue weighted by Gasteiger charge is -2.24. The fourth-order valence-electron chi connectivity index (χ4n) is 3.93. The molecule has 2 atom stereocenters. The number of rotatable bonds is 6. The Balaban J connectivity index is 1.54. The molecule has 2 heterocycles. The van der Waals surface area contributed by atoms with Crippen LogP contribution in [-0.2, 0) is 4.79 Å². The van der Waals surface area contributed by atoms with Gasteiger partial charge in [-0.3, -0.25) is 9.59 Å². The van der Waals surface area contributed by atoms with E-state index < -0.39 is 35.7 Å². The first-order valence-corrected chi connectivity index (χ1v) is 10.6. The molecule has 8 nitrogen and oxygen atoms in total. The van der Waals surface area contributed by atoms with Crippen molar-refractivity contribution in [3.8, 4) is 17.1 Å². The van der Waals surface area contributed by atoms with Crippen LogP contribution >= 0.6 is 0 Å². The summed E-state index contributed by atoms with van der Waals surface area (Å²) < 4.78 is 44.0. The molecule has 1 fully saturated rings. The highest BCUT2D eigenvalue weighted by Crippen LogP contribution is 2.31. The Bertz CT molecular complexity index is 1160. The quantitative estimate of drug-likeness (QED) is 0.665. The molecule has 1 unspecified atom stereocenters. The van der Waals surface area contributed by atoms with Crippen LogP contribution in [0.4, 0.5) is 19.0 Å². The molecular formula is C23H22F3N5O3. The summed E-state index contributed by atoms with van der Waals surface area (Å²) in [5.41, 5.74) is 10.8. The number of nitrogens with two attached hydrogens (primary N) is 2. The predicted octanol–water partition coefficient (Wildman–Crippen LogP) is 2.89. The molecule has 0 radical (unpaired) electrons. The second-order valence-corrected chi connectivity index (χ2v) is 7.99. The fraction of sp³-hybridized carbons (Fsp3) is 0.304. The molecule has 178 valence electrons. The number of benzene rings is 1. The zero-order chi connectivity index (χ0) is 24.5. The van der Waals surface area contributed by atoms with Crippen LogP contribution in [0.25, 0.3) is 11.4 Å². The van der Waals surface area contributed by atoms with Crippen LogP contribution in [0.3, 0.4) is 0 Å². The van der Waals surface area contributed by atoms with Gasteiger partial charge in [-0.1, -0.05) is 12.2 Å². The number of anilines is 1. The van der Waals surface area contributed by atoms with Crippen molar-refractivity contribution in [3.05, 3.63) is 59.8 Å². The van der Waals surface area contributed by atoms with Crippen LogP contribution < -0.4 is 21.1 Å². The number of carbonyl (C=O) groups is 2. The van der Waals surface area contributed by atoms with E-state index in [9.17, 15) is 22.8 Å². The Morgan fingerprint density at radius 3 is 2.44 bits per heavy atom. The Kier molecular flexibility index (Phi) is 6.27. The molecule has 1 aliphatic heterocycles. The Morgan fingerprint density at radius 1 is 1.12 bits per heavy atom. The summed E-state index contributed by atoms with van der Waals surface area (Å²) in [5.74, 6) is -0.172. The number of nitrogens with zero attached hydrogens (tertiary/aromatic N) is 3. The van der Waals surface area contributed by atoms with Gasteiger partial charge in [-0.2, -0.15) is 13.2 Å². The lowest BCUT2D eigenvalue weighted by atomic mass is 10.0. The molecule has 0 spiro atoms. The highest BCUT2D eigenvalue weighted by atomic mass is 19.4. The van der Waals surface area contributed by atoms with E-state index in [0.717, 1.165) is 18.6 Å². The number of halogens is 3. The van der Waals surface area contributed by atoms with Gasteiger partial charge in [-0.05, 0) is 43.2 Å². The van der Waals surface area contributed by atoms with E-state index in [1.165, 1.54) is 12.1 Å². The highest BCUT2D eigenvalue weighted by molar-refractivity contribution is 5.92. The number of carbonyl (C=O) groups excluding carboxylic acids is 2. The van der Waals surface area contributed by atoms with Crippen LogP contribution in [0.5, 0.6) is 5.75 Å². The molecule has 1 aromatic heterocycles. The third kappa shape index (κ3) is 5.03. The van der Waals surface area contributed by atoms with Crippen LogP contribution in [0.15, 0.2) is 54.1 Å². The number of allylic oxidation sites excluding steroid dienone is 2. The Morgan fingerprint density at radius 2 is 1.85 bits per heavy atom. The zero-order valence-corrected chi connectivity index (χ0v) is 18.0. The van der Waals surface area contributed by atoms with Gasteiger partial charge in [-0.25, -0.2) is 9.97 Å². The predicted molar refractivity (Wildman–Crippen MR) is 118 cm³/mol. The maximum atomic E-state index is 12.7. The van der Waals surface area contributed by atoms with Crippen molar-refractivity contribution < 1.29 is 27.5 Å². The van der Waals surface area contributed by atoms with E-state index in [4.69, 9.17) is 16.2 Å². The average Bonchev–Trinajstić information content (AvgIpc) is 3.29. The number of hydrogen-bond donors (Lipinski definition) is 2. The molecule has 2 aromatic rings. The van der Waals surface area contributed by atoms with Gasteiger partial charge in [0.05, 0.1) is 5.57 Å². The first-order chi connectivity index (χ1) is 16.1. The average molecular weight is 473 g/mol. The lowest BCUT2D eigenvalue weighted by molar-refractivity contribution is -0.119. The minimum Gasteiger partial charge on any atom is -0.486 e. The van der Waals surface area contributed by atoms with Gasteiger partial charge < -0.3 is 21.1 Å². The summed E-state index contributed by atoms with van der Waals surface area (Å²) in [7, 11) is 0. The number of ether oxygens (including phenoxy) is 1. The summed E-state index contributed by atoms with van der Waals surface area (Å²) in [5, 5.41) is 0. The van der Waals surface area contributed by atoms with E-state index in [1.807, 2.05) is 0 Å². The van der Waals surface area contributed by atoms with Gasteiger partial charge in [0.15, 0.2) is 5.82 Å². The van der Waals surface area contributed by atoms with Crippen molar-refractivity contribution in [2.45, 2.75) is 37.6 Å². The van der Waals surface area contributed by atoms with Gasteiger partial charge in [0.1, 0.15) is 29.4 Å². The van der Waals surface area contributed by atoms with Crippen molar-refractivity contribution in [3.63, 3.8) is 0 Å². The molecule has 1 aliphatic carbocycles. The minimum atomic E-state index is -4.38. The summed E-state index contributed by atoms with van der Waals surface area (Å²) in [6.07, 6.45) is -0.00788. The van der Waals surface area contributed by atoms with Crippen molar-refractivity contribution in [2.75, 3.05) is 11.4 Å². The van der Waals surface area contributed by atoms with E-state index in [2.05, 4.69) is 9.97 Å². The maximum absolute atomic E-state index is 12.7. The van der Waals surface area contributed by atoms with Gasteiger partial charge >= 0.3 is 6.18 Å². The number of aromatic nitrogens is 2. The van der Waals surface area contributed by atoms with Crippen molar-refractivity contribution in [2.24, 2.45) is 11.5 Å². The summed E-state index contributed by atoms with van der Waals surface area (Å²) in [4.78, 5) is 34.1. The van der Waals surface area contributed by atoms with Crippen LogP contribution in [0, 0.1) is 0 Å². The zero-order valence-electron chi connectivity index (χ0n) is 18.0. The second-order valence-electron chi connectivity index (χ2n) is 7.99. The van der Waals surface area contributed by atoms with E-state index in [0.29, 0.717) is 30.1 Å². The third-order valence-corrected chi connectivity index (χ3v) is 5.63. The van der Waals surface area contributed by atoms with E-state index >= 15 is 0 Å². The smallest absolute Gasteiger partial charge is 0.416 e. The first kappa shape index (κ1) is 23.3. The normalized spacial score (nSPS) is 20.2. The van der Waals surface area contributed by atoms with Crippen molar-refractivity contribution in [1.29, 1.82) is 0 Å². The standard InChI is InChI=1S/C23H22F3N5O3/c24-23(25,26)14-5-9-16(10-6-14)34-15-7-3-13(4-8-15)22-29-17(20(27)32)12-19(30-22)31-11-1-2-18(31)21(28)33/h3-9,12,16,18H,1-2,10-11H2,(H2,27,32)(H2,28,33)/t16?,18-/m0/s1. The molecule has 2 aliphatic rings. The third-order valence-electron chi connectivity index (χ3n) is 5.63. The SMILES string of the molecule is NC(=O)c1cc(N2CCC[C@H]2C(N)=O)nc(-c2ccc(OC3C=CC(C(F)(F)F)=CC3)cc2)n1. The molecule has 1 saturated heterocycles. The van der Waals surface area contributed by atoms with Gasteiger partial charge in [-0.15, -0.1) is 0 Å². The number of primary amides is 2. The van der Waals surface area contributed by atoms with E-state index in [-0.39, 0.29) is 17.9 Å². The van der Waals surface area contributed by atoms with Gasteiger partial charge in [0, 0.05) is 24.6 Å². The number of hydrogen-bond acceptors (Lipinski definition) is 6. The molecule has 1 aromatic carbocycles. The van der Waals surface area contributed by atoms with Crippen LogP contribution in [0.1, 0.15) is 29.8 Å². The van der Waals surface area contributed by atoms with Crippen LogP contribution in [-0.4, -0.2) is 46.6 Å². The first-order valence-electron chi connectivity index (χ1n) is 10.6. The minimum absolute atomic E-state index is 0.00459. The van der Waals surface area contributed by atoms with Crippen molar-refractivity contribution >= 4 is 17.6 Å². The maximum Gasteiger partial charge on any atom is 0.416 e. The molecule has 4 rings (SSSR count). The van der Waals surface area contributed by atoms with E-state index in [1.54, 1.807) is 29.2 Å². The molecule has 4 N–H and O–H groups in total. The topological polar surface area (TPSA) is 124 Å². The molecule has 0 bridgehead atoms. The summed E-state index contributed by atoms with van der Waals surface area (Å²) in [6.45, 7) is 0.550.